The predicted octanol–water partition coefficient (Wildman–Crippen LogP) is 1.22. The van der Waals surface area contributed by atoms with E-state index in [-0.39, 0.29) is 11.1 Å². The monoisotopic (exact) mass is 290 g/mol. The molecule has 2 rings (SSSR count). The number of carbonyl (C=O) groups is 2. The minimum atomic E-state index is -2.13. The summed E-state index contributed by atoms with van der Waals surface area (Å²) in [4.78, 5) is 23.9. The summed E-state index contributed by atoms with van der Waals surface area (Å²) < 4.78 is 26.9. The number of halogens is 2. The Kier molecular flexibility index (Phi) is 3.71. The van der Waals surface area contributed by atoms with Gasteiger partial charge in [-0.25, -0.2) is 8.78 Å². The molecule has 4 nitrogen and oxygen atoms in total. The molecule has 0 aromatic heterocycles. The van der Waals surface area contributed by atoms with Gasteiger partial charge in [0.05, 0.1) is 0 Å². The van der Waals surface area contributed by atoms with Crippen molar-refractivity contribution < 1.29 is 18.4 Å². The zero-order chi connectivity index (χ0) is 15.6. The zero-order valence-corrected chi connectivity index (χ0v) is 10.8. The molecule has 0 saturated carbocycles. The van der Waals surface area contributed by atoms with E-state index in [2.05, 4.69) is 0 Å². The van der Waals surface area contributed by atoms with Crippen LogP contribution >= 0.6 is 0 Å². The average Bonchev–Trinajstić information content (AvgIpc) is 2.38. The van der Waals surface area contributed by atoms with E-state index in [9.17, 15) is 18.4 Å². The normalized spacial score (nSPS) is 11.1. The second kappa shape index (κ2) is 5.32. The number of amides is 2. The van der Waals surface area contributed by atoms with E-state index in [0.29, 0.717) is 0 Å². The number of hydrogen-bond acceptors (Lipinski definition) is 2. The molecule has 2 amide bonds. The van der Waals surface area contributed by atoms with Crippen molar-refractivity contribution in [2.24, 2.45) is 11.5 Å². The van der Waals surface area contributed by atoms with Crippen LogP contribution in [0.1, 0.15) is 11.1 Å². The Labute approximate surface area is 119 Å². The summed E-state index contributed by atoms with van der Waals surface area (Å²) in [6.45, 7) is 0. The molecule has 0 unspecified atom stereocenters. The van der Waals surface area contributed by atoms with Crippen LogP contribution in [0.3, 0.4) is 0 Å². The topological polar surface area (TPSA) is 86.2 Å². The van der Waals surface area contributed by atoms with E-state index in [4.69, 9.17) is 11.5 Å². The third-order valence-corrected chi connectivity index (χ3v) is 3.25. The number of primary amides is 2. The molecule has 21 heavy (non-hydrogen) atoms. The second-order valence-corrected chi connectivity index (χ2v) is 4.50. The van der Waals surface area contributed by atoms with Gasteiger partial charge in [0.1, 0.15) is 11.6 Å². The number of hydrogen-bond donors (Lipinski definition) is 2. The van der Waals surface area contributed by atoms with Crippen LogP contribution in [0.25, 0.3) is 0 Å². The molecule has 0 aliphatic rings. The van der Waals surface area contributed by atoms with E-state index < -0.39 is 28.9 Å². The maximum atomic E-state index is 13.4. The SMILES string of the molecule is NC(=O)C(C(N)=O)(c1cccc(F)c1)c1cccc(F)c1. The molecule has 6 heteroatoms. The van der Waals surface area contributed by atoms with Gasteiger partial charge < -0.3 is 11.5 Å². The van der Waals surface area contributed by atoms with Gasteiger partial charge in [0.15, 0.2) is 5.41 Å². The number of carbonyl (C=O) groups excluding carboxylic acids is 2. The molecule has 0 aliphatic carbocycles. The van der Waals surface area contributed by atoms with Crippen LogP contribution in [0.4, 0.5) is 8.78 Å². The van der Waals surface area contributed by atoms with E-state index in [1.165, 1.54) is 24.3 Å². The molecule has 0 spiro atoms. The maximum Gasteiger partial charge on any atom is 0.242 e. The Balaban J connectivity index is 2.82. The van der Waals surface area contributed by atoms with Gasteiger partial charge in [-0.3, -0.25) is 9.59 Å². The van der Waals surface area contributed by atoms with Crippen LogP contribution in [0, 0.1) is 11.6 Å². The minimum absolute atomic E-state index is 0.0481. The first kappa shape index (κ1) is 14.6. The second-order valence-electron chi connectivity index (χ2n) is 4.50. The van der Waals surface area contributed by atoms with Crippen molar-refractivity contribution in [3.63, 3.8) is 0 Å². The van der Waals surface area contributed by atoms with Gasteiger partial charge in [0.25, 0.3) is 0 Å². The lowest BCUT2D eigenvalue weighted by Crippen LogP contribution is -2.52. The molecule has 4 N–H and O–H groups in total. The van der Waals surface area contributed by atoms with Gasteiger partial charge in [-0.15, -0.1) is 0 Å². The molecular formula is C15H12F2N2O2. The summed E-state index contributed by atoms with van der Waals surface area (Å²) in [5, 5.41) is 0. The third kappa shape index (κ3) is 2.35. The fraction of sp³-hybridized carbons (Fsp3) is 0.0667. The van der Waals surface area contributed by atoms with E-state index in [1.54, 1.807) is 0 Å². The lowest BCUT2D eigenvalue weighted by molar-refractivity contribution is -0.132. The van der Waals surface area contributed by atoms with Crippen molar-refractivity contribution in [1.29, 1.82) is 0 Å². The molecule has 0 saturated heterocycles. The highest BCUT2D eigenvalue weighted by atomic mass is 19.1. The van der Waals surface area contributed by atoms with Crippen molar-refractivity contribution in [3.8, 4) is 0 Å². The summed E-state index contributed by atoms with van der Waals surface area (Å²) in [7, 11) is 0. The lowest BCUT2D eigenvalue weighted by Gasteiger charge is -2.28. The number of rotatable bonds is 4. The van der Waals surface area contributed by atoms with Crippen LogP contribution in [0.5, 0.6) is 0 Å². The van der Waals surface area contributed by atoms with Gasteiger partial charge >= 0.3 is 0 Å². The van der Waals surface area contributed by atoms with Crippen LogP contribution in [0.2, 0.25) is 0 Å². The van der Waals surface area contributed by atoms with E-state index in [0.717, 1.165) is 24.3 Å². The molecule has 0 heterocycles. The van der Waals surface area contributed by atoms with Crippen LogP contribution in [0.15, 0.2) is 48.5 Å². The highest BCUT2D eigenvalue weighted by Crippen LogP contribution is 2.33. The van der Waals surface area contributed by atoms with Gasteiger partial charge in [-0.05, 0) is 35.4 Å². The number of nitrogens with two attached hydrogens (primary N) is 2. The van der Waals surface area contributed by atoms with Crippen LogP contribution in [-0.4, -0.2) is 11.8 Å². The van der Waals surface area contributed by atoms with Gasteiger partial charge in [-0.2, -0.15) is 0 Å². The Morgan fingerprint density at radius 2 is 1.19 bits per heavy atom. The summed E-state index contributed by atoms with van der Waals surface area (Å²) >= 11 is 0. The van der Waals surface area contributed by atoms with E-state index in [1.807, 2.05) is 0 Å². The van der Waals surface area contributed by atoms with Crippen molar-refractivity contribution in [1.82, 2.24) is 0 Å². The molecule has 0 radical (unpaired) electrons. The summed E-state index contributed by atoms with van der Waals surface area (Å²) in [6.07, 6.45) is 0. The van der Waals surface area contributed by atoms with Crippen molar-refractivity contribution in [2.75, 3.05) is 0 Å². The highest BCUT2D eigenvalue weighted by Gasteiger charge is 2.47. The third-order valence-electron chi connectivity index (χ3n) is 3.25. The van der Waals surface area contributed by atoms with Crippen LogP contribution < -0.4 is 11.5 Å². The largest absolute Gasteiger partial charge is 0.368 e. The highest BCUT2D eigenvalue weighted by molar-refractivity contribution is 6.13. The first-order valence-electron chi connectivity index (χ1n) is 6.01. The summed E-state index contributed by atoms with van der Waals surface area (Å²) in [6, 6.07) is 9.52. The summed E-state index contributed by atoms with van der Waals surface area (Å²) in [5.41, 5.74) is 8.47. The number of benzene rings is 2. The van der Waals surface area contributed by atoms with Gasteiger partial charge in [0.2, 0.25) is 11.8 Å². The van der Waals surface area contributed by atoms with E-state index >= 15 is 0 Å². The van der Waals surface area contributed by atoms with Crippen LogP contribution in [-0.2, 0) is 15.0 Å². The van der Waals surface area contributed by atoms with Crippen molar-refractivity contribution in [2.45, 2.75) is 5.41 Å². The predicted molar refractivity (Wildman–Crippen MR) is 72.0 cm³/mol. The van der Waals surface area contributed by atoms with Gasteiger partial charge in [-0.1, -0.05) is 24.3 Å². The quantitative estimate of drug-likeness (QED) is 0.829. The average molecular weight is 290 g/mol. The smallest absolute Gasteiger partial charge is 0.242 e. The lowest BCUT2D eigenvalue weighted by atomic mass is 9.73. The minimum Gasteiger partial charge on any atom is -0.368 e. The molecule has 2 aromatic rings. The van der Waals surface area contributed by atoms with Crippen molar-refractivity contribution >= 4 is 11.8 Å². The fourth-order valence-electron chi connectivity index (χ4n) is 2.30. The molecule has 2 aromatic carbocycles. The zero-order valence-electron chi connectivity index (χ0n) is 10.8. The Hall–Kier alpha value is -2.76. The Morgan fingerprint density at radius 3 is 1.48 bits per heavy atom. The molecule has 0 atom stereocenters. The first-order valence-corrected chi connectivity index (χ1v) is 6.01. The Morgan fingerprint density at radius 1 is 0.810 bits per heavy atom. The summed E-state index contributed by atoms with van der Waals surface area (Å²) in [5.74, 6) is -3.55. The van der Waals surface area contributed by atoms with Crippen molar-refractivity contribution in [3.05, 3.63) is 71.3 Å². The Bertz CT molecular complexity index is 655. The molecule has 0 bridgehead atoms. The van der Waals surface area contributed by atoms with Gasteiger partial charge in [0, 0.05) is 0 Å². The maximum absolute atomic E-state index is 13.4. The molecule has 108 valence electrons. The molecule has 0 fully saturated rings. The molecular weight excluding hydrogens is 278 g/mol. The fourth-order valence-corrected chi connectivity index (χ4v) is 2.30. The first-order chi connectivity index (χ1) is 9.88. The molecule has 0 aliphatic heterocycles. The standard InChI is InChI=1S/C15H12F2N2O2/c16-11-5-1-3-9(7-11)15(13(18)20,14(19)21)10-4-2-6-12(17)8-10/h1-8H,(H2,18,20)(H2,19,21).